The van der Waals surface area contributed by atoms with E-state index in [1.165, 1.54) is 0 Å². The Kier molecular flexibility index (Phi) is 2.49. The van der Waals surface area contributed by atoms with Crippen LogP contribution in [0.1, 0.15) is 5.56 Å². The number of amides is 1. The van der Waals surface area contributed by atoms with E-state index in [0.29, 0.717) is 0 Å². The number of fused-ring (bicyclic) bond motifs is 1. The molecule has 4 heteroatoms. The van der Waals surface area contributed by atoms with Gasteiger partial charge in [0.05, 0.1) is 5.52 Å². The number of ether oxygens (including phenoxy) is 1. The van der Waals surface area contributed by atoms with Crippen molar-refractivity contribution in [3.05, 3.63) is 42.1 Å². The highest BCUT2D eigenvalue weighted by atomic mass is 16.5. The van der Waals surface area contributed by atoms with Gasteiger partial charge in [-0.05, 0) is 23.8 Å². The number of primary amides is 1. The van der Waals surface area contributed by atoms with Crippen LogP contribution in [0, 0.1) is 0 Å². The molecule has 2 N–H and O–H groups in total. The summed E-state index contributed by atoms with van der Waals surface area (Å²) < 4.78 is 4.70. The molecule has 0 saturated heterocycles. The second-order valence-corrected chi connectivity index (χ2v) is 3.14. The Morgan fingerprint density at radius 3 is 3.07 bits per heavy atom. The molecule has 2 aromatic rings. The zero-order valence-corrected chi connectivity index (χ0v) is 8.01. The third kappa shape index (κ3) is 2.22. The molecule has 0 spiro atoms. The van der Waals surface area contributed by atoms with Gasteiger partial charge in [0.2, 0.25) is 0 Å². The number of pyridine rings is 1. The van der Waals surface area contributed by atoms with E-state index in [1.807, 2.05) is 30.3 Å². The molecule has 0 aliphatic carbocycles. The van der Waals surface area contributed by atoms with E-state index in [2.05, 4.69) is 4.98 Å². The topological polar surface area (TPSA) is 65.2 Å². The average molecular weight is 202 g/mol. The molecule has 0 atom stereocenters. The van der Waals surface area contributed by atoms with E-state index in [0.717, 1.165) is 16.5 Å². The number of rotatable bonds is 2. The minimum Gasteiger partial charge on any atom is -0.445 e. The average Bonchev–Trinajstić information content (AvgIpc) is 2.26. The maximum absolute atomic E-state index is 10.4. The van der Waals surface area contributed by atoms with Crippen LogP contribution >= 0.6 is 0 Å². The first kappa shape index (κ1) is 9.45. The number of nitrogens with two attached hydrogens (primary N) is 1. The summed E-state index contributed by atoms with van der Waals surface area (Å²) in [6, 6.07) is 9.48. The van der Waals surface area contributed by atoms with Gasteiger partial charge in [0.1, 0.15) is 6.61 Å². The summed E-state index contributed by atoms with van der Waals surface area (Å²) in [5, 5.41) is 1.02. The smallest absolute Gasteiger partial charge is 0.404 e. The van der Waals surface area contributed by atoms with E-state index in [4.69, 9.17) is 10.5 Å². The molecule has 0 aliphatic rings. The summed E-state index contributed by atoms with van der Waals surface area (Å²) in [7, 11) is 0. The van der Waals surface area contributed by atoms with Crippen LogP contribution in [0.5, 0.6) is 0 Å². The van der Waals surface area contributed by atoms with Gasteiger partial charge >= 0.3 is 6.09 Å². The Hall–Kier alpha value is -2.10. The molecular weight excluding hydrogens is 192 g/mol. The Morgan fingerprint density at radius 2 is 2.27 bits per heavy atom. The van der Waals surface area contributed by atoms with Gasteiger partial charge in [-0.3, -0.25) is 4.98 Å². The third-order valence-corrected chi connectivity index (χ3v) is 2.05. The van der Waals surface area contributed by atoms with Crippen molar-refractivity contribution >= 4 is 17.0 Å². The second-order valence-electron chi connectivity index (χ2n) is 3.14. The highest BCUT2D eigenvalue weighted by Gasteiger charge is 1.99. The lowest BCUT2D eigenvalue weighted by molar-refractivity contribution is 0.150. The van der Waals surface area contributed by atoms with Crippen LogP contribution in [0.4, 0.5) is 4.79 Å². The molecule has 1 heterocycles. The van der Waals surface area contributed by atoms with Crippen LogP contribution in [0.15, 0.2) is 36.5 Å². The van der Waals surface area contributed by atoms with Crippen molar-refractivity contribution in [1.29, 1.82) is 0 Å². The van der Waals surface area contributed by atoms with E-state index in [-0.39, 0.29) is 6.61 Å². The molecule has 0 aliphatic heterocycles. The molecule has 0 fully saturated rings. The summed E-state index contributed by atoms with van der Waals surface area (Å²) in [6.45, 7) is 0.195. The van der Waals surface area contributed by atoms with Crippen LogP contribution in [0.2, 0.25) is 0 Å². The summed E-state index contributed by atoms with van der Waals surface area (Å²) in [5.41, 5.74) is 6.69. The van der Waals surface area contributed by atoms with Gasteiger partial charge in [0.15, 0.2) is 0 Å². The van der Waals surface area contributed by atoms with E-state index in [1.54, 1.807) is 6.20 Å². The summed E-state index contributed by atoms with van der Waals surface area (Å²) in [4.78, 5) is 14.6. The van der Waals surface area contributed by atoms with Gasteiger partial charge in [-0.1, -0.05) is 12.1 Å². The predicted octanol–water partition coefficient (Wildman–Crippen LogP) is 1.83. The van der Waals surface area contributed by atoms with Crippen molar-refractivity contribution < 1.29 is 9.53 Å². The number of hydrogen-bond acceptors (Lipinski definition) is 3. The highest BCUT2D eigenvalue weighted by molar-refractivity contribution is 5.78. The van der Waals surface area contributed by atoms with Crippen molar-refractivity contribution in [2.75, 3.05) is 0 Å². The van der Waals surface area contributed by atoms with Gasteiger partial charge < -0.3 is 10.5 Å². The number of hydrogen-bond donors (Lipinski definition) is 1. The fourth-order valence-electron chi connectivity index (χ4n) is 1.37. The monoisotopic (exact) mass is 202 g/mol. The first-order valence-corrected chi connectivity index (χ1v) is 4.51. The maximum atomic E-state index is 10.4. The van der Waals surface area contributed by atoms with Gasteiger partial charge in [-0.2, -0.15) is 0 Å². The van der Waals surface area contributed by atoms with Crippen molar-refractivity contribution in [1.82, 2.24) is 4.98 Å². The quantitative estimate of drug-likeness (QED) is 0.807. The Balaban J connectivity index is 2.26. The first-order valence-electron chi connectivity index (χ1n) is 4.51. The number of carbonyl (C=O) groups excluding carboxylic acids is 1. The SMILES string of the molecule is NC(=O)OCc1ccc2ncccc2c1. The molecular formula is C11H10N2O2. The van der Waals surface area contributed by atoms with Crippen LogP contribution in [-0.4, -0.2) is 11.1 Å². The molecule has 0 saturated carbocycles. The van der Waals surface area contributed by atoms with Gasteiger partial charge in [-0.25, -0.2) is 4.79 Å². The molecule has 1 aromatic heterocycles. The normalized spacial score (nSPS) is 10.1. The second kappa shape index (κ2) is 3.96. The van der Waals surface area contributed by atoms with E-state index < -0.39 is 6.09 Å². The fourth-order valence-corrected chi connectivity index (χ4v) is 1.37. The lowest BCUT2D eigenvalue weighted by Gasteiger charge is -2.03. The Bertz CT molecular complexity index is 497. The summed E-state index contributed by atoms with van der Waals surface area (Å²) >= 11 is 0. The number of aromatic nitrogens is 1. The van der Waals surface area contributed by atoms with Crippen molar-refractivity contribution in [3.63, 3.8) is 0 Å². The lowest BCUT2D eigenvalue weighted by atomic mass is 10.1. The molecule has 4 nitrogen and oxygen atoms in total. The van der Waals surface area contributed by atoms with Crippen LogP contribution < -0.4 is 5.73 Å². The lowest BCUT2D eigenvalue weighted by Crippen LogP contribution is -2.12. The van der Waals surface area contributed by atoms with Crippen molar-refractivity contribution in [2.45, 2.75) is 6.61 Å². The van der Waals surface area contributed by atoms with Crippen LogP contribution in [0.25, 0.3) is 10.9 Å². The standard InChI is InChI=1S/C11H10N2O2/c12-11(14)15-7-8-3-4-10-9(6-8)2-1-5-13-10/h1-6H,7H2,(H2,12,14). The molecule has 15 heavy (non-hydrogen) atoms. The van der Waals surface area contributed by atoms with Crippen molar-refractivity contribution in [3.8, 4) is 0 Å². The van der Waals surface area contributed by atoms with E-state index >= 15 is 0 Å². The minimum atomic E-state index is -0.763. The maximum Gasteiger partial charge on any atom is 0.404 e. The van der Waals surface area contributed by atoms with Gasteiger partial charge in [0.25, 0.3) is 0 Å². The minimum absolute atomic E-state index is 0.195. The summed E-state index contributed by atoms with van der Waals surface area (Å²) in [6.07, 6.45) is 0.975. The predicted molar refractivity (Wildman–Crippen MR) is 56.1 cm³/mol. The number of nitrogens with zero attached hydrogens (tertiary/aromatic N) is 1. The van der Waals surface area contributed by atoms with Gasteiger partial charge in [0, 0.05) is 11.6 Å². The molecule has 0 bridgehead atoms. The van der Waals surface area contributed by atoms with Crippen LogP contribution in [-0.2, 0) is 11.3 Å². The Morgan fingerprint density at radius 1 is 1.40 bits per heavy atom. The molecule has 0 unspecified atom stereocenters. The number of benzene rings is 1. The zero-order chi connectivity index (χ0) is 10.7. The molecule has 1 amide bonds. The van der Waals surface area contributed by atoms with Gasteiger partial charge in [-0.15, -0.1) is 0 Å². The van der Waals surface area contributed by atoms with Crippen LogP contribution in [0.3, 0.4) is 0 Å². The molecule has 76 valence electrons. The summed E-state index contributed by atoms with van der Waals surface area (Å²) in [5.74, 6) is 0. The zero-order valence-electron chi connectivity index (χ0n) is 8.01. The first-order chi connectivity index (χ1) is 7.25. The van der Waals surface area contributed by atoms with E-state index in [9.17, 15) is 4.79 Å². The van der Waals surface area contributed by atoms with Crippen molar-refractivity contribution in [2.24, 2.45) is 5.73 Å². The fraction of sp³-hybridized carbons (Fsp3) is 0.0909. The number of carbonyl (C=O) groups is 1. The third-order valence-electron chi connectivity index (χ3n) is 2.05. The Labute approximate surface area is 86.7 Å². The molecule has 0 radical (unpaired) electrons. The highest BCUT2D eigenvalue weighted by Crippen LogP contribution is 2.13. The largest absolute Gasteiger partial charge is 0.445 e. The molecule has 2 rings (SSSR count). The molecule has 1 aromatic carbocycles.